The van der Waals surface area contributed by atoms with E-state index in [0.717, 1.165) is 34.3 Å². The van der Waals surface area contributed by atoms with Crippen LogP contribution in [0.25, 0.3) is 10.9 Å². The summed E-state index contributed by atoms with van der Waals surface area (Å²) >= 11 is 0. The molecular formula is C20H20FN3O4S. The Balaban J connectivity index is 1.70. The van der Waals surface area contributed by atoms with E-state index in [4.69, 9.17) is 0 Å². The van der Waals surface area contributed by atoms with Crippen molar-refractivity contribution in [1.82, 2.24) is 13.9 Å². The molecule has 152 valence electrons. The highest BCUT2D eigenvalue weighted by atomic mass is 32.2. The van der Waals surface area contributed by atoms with E-state index in [1.807, 2.05) is 6.07 Å². The van der Waals surface area contributed by atoms with Crippen LogP contribution >= 0.6 is 0 Å². The Bertz CT molecular complexity index is 1190. The van der Waals surface area contributed by atoms with E-state index in [2.05, 4.69) is 4.98 Å². The summed E-state index contributed by atoms with van der Waals surface area (Å²) in [6.45, 7) is -0.161. The van der Waals surface area contributed by atoms with Gasteiger partial charge in [0.15, 0.2) is 0 Å². The smallest absolute Gasteiger partial charge is 0.323 e. The van der Waals surface area contributed by atoms with Crippen molar-refractivity contribution >= 4 is 26.9 Å². The number of fused-ring (bicyclic) bond motifs is 3. The minimum Gasteiger partial charge on any atom is -0.480 e. The van der Waals surface area contributed by atoms with Gasteiger partial charge in [0.05, 0.1) is 16.6 Å². The second-order valence-electron chi connectivity index (χ2n) is 7.17. The van der Waals surface area contributed by atoms with Crippen molar-refractivity contribution in [2.45, 2.75) is 36.7 Å². The number of pyridine rings is 1. The summed E-state index contributed by atoms with van der Waals surface area (Å²) in [5.41, 5.74) is 2.62. The number of hydrogen-bond acceptors (Lipinski definition) is 4. The van der Waals surface area contributed by atoms with Crippen molar-refractivity contribution < 1.29 is 22.7 Å². The Morgan fingerprint density at radius 3 is 2.72 bits per heavy atom. The number of sulfonamides is 1. The summed E-state index contributed by atoms with van der Waals surface area (Å²) in [7, 11) is -2.24. The van der Waals surface area contributed by atoms with Crippen LogP contribution in [0.5, 0.6) is 0 Å². The molecule has 2 heterocycles. The van der Waals surface area contributed by atoms with Gasteiger partial charge in [0.1, 0.15) is 12.4 Å². The number of carbonyl (C=O) groups is 1. The lowest BCUT2D eigenvalue weighted by atomic mass is 9.91. The van der Waals surface area contributed by atoms with Gasteiger partial charge in [-0.1, -0.05) is 0 Å². The average molecular weight is 417 g/mol. The molecule has 1 atom stereocenters. The first-order valence-corrected chi connectivity index (χ1v) is 10.6. The molecule has 1 N–H and O–H groups in total. The van der Waals surface area contributed by atoms with Crippen LogP contribution < -0.4 is 0 Å². The van der Waals surface area contributed by atoms with Crippen LogP contribution in [-0.4, -0.2) is 46.4 Å². The third kappa shape index (κ3) is 3.40. The number of nitrogens with zero attached hydrogens (tertiary/aromatic N) is 3. The van der Waals surface area contributed by atoms with Crippen molar-refractivity contribution in [3.05, 3.63) is 59.8 Å². The summed E-state index contributed by atoms with van der Waals surface area (Å²) in [5.74, 6) is -1.43. The van der Waals surface area contributed by atoms with Gasteiger partial charge in [-0.25, -0.2) is 12.8 Å². The summed E-state index contributed by atoms with van der Waals surface area (Å²) in [5, 5.41) is 10.2. The SMILES string of the molecule is CN(C1CCc2c(c3ccncc3n2CC(=O)O)C1)S(=O)(=O)c1ccc(F)cc1. The fourth-order valence-corrected chi connectivity index (χ4v) is 5.46. The molecule has 1 aliphatic carbocycles. The predicted octanol–water partition coefficient (Wildman–Crippen LogP) is 2.44. The largest absolute Gasteiger partial charge is 0.480 e. The van der Waals surface area contributed by atoms with Crippen molar-refractivity contribution in [3.63, 3.8) is 0 Å². The second kappa shape index (κ2) is 7.23. The maximum Gasteiger partial charge on any atom is 0.323 e. The molecule has 1 aromatic carbocycles. The number of aliphatic carboxylic acids is 1. The van der Waals surface area contributed by atoms with Crippen LogP contribution in [0, 0.1) is 5.82 Å². The standard InChI is InChI=1S/C20H20FN3O4S/c1-23(29(27,28)15-5-2-13(21)3-6-15)14-4-7-18-17(10-14)16-8-9-22-11-19(16)24(18)12-20(25)26/h2-3,5-6,8-9,11,14H,4,7,10,12H2,1H3,(H,25,26). The normalized spacial score (nSPS) is 16.9. The molecule has 0 fully saturated rings. The van der Waals surface area contributed by atoms with Crippen LogP contribution in [-0.2, 0) is 34.2 Å². The highest BCUT2D eigenvalue weighted by Crippen LogP contribution is 2.34. The van der Waals surface area contributed by atoms with Crippen LogP contribution in [0.4, 0.5) is 4.39 Å². The molecule has 2 aromatic heterocycles. The maximum atomic E-state index is 13.2. The van der Waals surface area contributed by atoms with E-state index in [1.54, 1.807) is 17.0 Å². The molecule has 29 heavy (non-hydrogen) atoms. The van der Waals surface area contributed by atoms with E-state index in [0.29, 0.717) is 19.3 Å². The number of aromatic nitrogens is 2. The molecule has 9 heteroatoms. The van der Waals surface area contributed by atoms with Gasteiger partial charge in [0.2, 0.25) is 10.0 Å². The van der Waals surface area contributed by atoms with Crippen molar-refractivity contribution in [3.8, 4) is 0 Å². The third-order valence-corrected chi connectivity index (χ3v) is 7.47. The van der Waals surface area contributed by atoms with Crippen LogP contribution in [0.3, 0.4) is 0 Å². The number of halogens is 1. The molecule has 0 aliphatic heterocycles. The maximum absolute atomic E-state index is 13.2. The molecular weight excluding hydrogens is 397 g/mol. The number of carboxylic acids is 1. The summed E-state index contributed by atoms with van der Waals surface area (Å²) in [6, 6.07) is 6.34. The first-order valence-electron chi connectivity index (χ1n) is 9.18. The lowest BCUT2D eigenvalue weighted by Gasteiger charge is -2.31. The molecule has 7 nitrogen and oxygen atoms in total. The number of likely N-dealkylation sites (N-methyl/N-ethyl adjacent to an activating group) is 1. The topological polar surface area (TPSA) is 92.5 Å². The van der Waals surface area contributed by atoms with Gasteiger partial charge < -0.3 is 9.67 Å². The zero-order valence-electron chi connectivity index (χ0n) is 15.7. The van der Waals surface area contributed by atoms with Gasteiger partial charge in [0.25, 0.3) is 0 Å². The fraction of sp³-hybridized carbons (Fsp3) is 0.300. The molecule has 0 spiro atoms. The van der Waals surface area contributed by atoms with Crippen molar-refractivity contribution in [1.29, 1.82) is 0 Å². The molecule has 1 aliphatic rings. The van der Waals surface area contributed by atoms with Crippen molar-refractivity contribution in [2.24, 2.45) is 0 Å². The fourth-order valence-electron chi connectivity index (χ4n) is 4.07. The molecule has 3 aromatic rings. The van der Waals surface area contributed by atoms with E-state index in [-0.39, 0.29) is 17.5 Å². The number of carboxylic acid groups (broad SMARTS) is 1. The molecule has 4 rings (SSSR count). The van der Waals surface area contributed by atoms with E-state index >= 15 is 0 Å². The zero-order chi connectivity index (χ0) is 20.8. The van der Waals surface area contributed by atoms with Gasteiger partial charge in [-0.05, 0) is 55.2 Å². The zero-order valence-corrected chi connectivity index (χ0v) is 16.6. The van der Waals surface area contributed by atoms with E-state index in [1.165, 1.54) is 23.5 Å². The lowest BCUT2D eigenvalue weighted by Crippen LogP contribution is -2.40. The molecule has 0 radical (unpaired) electrons. The van der Waals surface area contributed by atoms with Gasteiger partial charge in [0, 0.05) is 30.4 Å². The van der Waals surface area contributed by atoms with E-state index in [9.17, 15) is 22.7 Å². The quantitative estimate of drug-likeness (QED) is 0.688. The van der Waals surface area contributed by atoms with Crippen molar-refractivity contribution in [2.75, 3.05) is 7.05 Å². The minimum atomic E-state index is -3.77. The number of benzene rings is 1. The Kier molecular flexibility index (Phi) is 4.87. The van der Waals surface area contributed by atoms with E-state index < -0.39 is 21.8 Å². The average Bonchev–Trinajstić information content (AvgIpc) is 3.00. The van der Waals surface area contributed by atoms with Crippen LogP contribution in [0.2, 0.25) is 0 Å². The van der Waals surface area contributed by atoms with Crippen LogP contribution in [0.1, 0.15) is 17.7 Å². The molecule has 0 bridgehead atoms. The highest BCUT2D eigenvalue weighted by molar-refractivity contribution is 7.89. The number of hydrogen-bond donors (Lipinski definition) is 1. The Morgan fingerprint density at radius 1 is 1.31 bits per heavy atom. The minimum absolute atomic E-state index is 0.0460. The Labute approximate surface area is 167 Å². The summed E-state index contributed by atoms with van der Waals surface area (Å²) in [4.78, 5) is 15.5. The number of rotatable bonds is 5. The molecule has 0 saturated carbocycles. The van der Waals surface area contributed by atoms with Gasteiger partial charge in [-0.2, -0.15) is 4.31 Å². The van der Waals surface area contributed by atoms with Gasteiger partial charge >= 0.3 is 5.97 Å². The highest BCUT2D eigenvalue weighted by Gasteiger charge is 2.33. The first kappa shape index (κ1) is 19.5. The van der Waals surface area contributed by atoms with Gasteiger partial charge in [-0.15, -0.1) is 0 Å². The van der Waals surface area contributed by atoms with Gasteiger partial charge in [-0.3, -0.25) is 9.78 Å². The molecule has 0 amide bonds. The summed E-state index contributed by atoms with van der Waals surface area (Å²) < 4.78 is 42.2. The molecule has 0 saturated heterocycles. The first-order chi connectivity index (χ1) is 13.8. The lowest BCUT2D eigenvalue weighted by molar-refractivity contribution is -0.137. The second-order valence-corrected chi connectivity index (χ2v) is 9.17. The monoisotopic (exact) mass is 417 g/mol. The Morgan fingerprint density at radius 2 is 2.03 bits per heavy atom. The third-order valence-electron chi connectivity index (χ3n) is 5.54. The predicted molar refractivity (Wildman–Crippen MR) is 105 cm³/mol. The Hall–Kier alpha value is -2.78. The summed E-state index contributed by atoms with van der Waals surface area (Å²) in [6.07, 6.45) is 4.89. The molecule has 1 unspecified atom stereocenters. The van der Waals surface area contributed by atoms with Crippen LogP contribution in [0.15, 0.2) is 47.6 Å².